The van der Waals surface area contributed by atoms with Gasteiger partial charge in [-0.05, 0) is 68.9 Å². The number of hydrogen-bond acceptors (Lipinski definition) is 7. The minimum absolute atomic E-state index is 0.00846. The quantitative estimate of drug-likeness (QED) is 0.179. The smallest absolute Gasteiger partial charge is 0.393 e. The Hall–Kier alpha value is -3.23. The number of rotatable bonds is 8. The van der Waals surface area contributed by atoms with Crippen LogP contribution in [0.2, 0.25) is 0 Å². The van der Waals surface area contributed by atoms with Crippen molar-refractivity contribution in [3.63, 3.8) is 0 Å². The maximum atomic E-state index is 14.4. The molecule has 7 nitrogen and oxygen atoms in total. The van der Waals surface area contributed by atoms with Crippen molar-refractivity contribution >= 4 is 29.1 Å². The second-order valence-electron chi connectivity index (χ2n) is 12.1. The molecule has 2 heterocycles. The fraction of sp³-hybridized carbons (Fsp3) is 0.515. The zero-order valence-electron chi connectivity index (χ0n) is 25.6. The molecule has 5 rings (SSSR count). The number of alkyl halides is 6. The number of carbonyl (C=O) groups is 2. The van der Waals surface area contributed by atoms with Crippen molar-refractivity contribution in [2.75, 3.05) is 44.7 Å². The van der Waals surface area contributed by atoms with Gasteiger partial charge in [-0.15, -0.1) is 0 Å². The van der Waals surface area contributed by atoms with Crippen LogP contribution in [0.1, 0.15) is 60.0 Å². The van der Waals surface area contributed by atoms with Gasteiger partial charge in [0.25, 0.3) is 0 Å². The lowest BCUT2D eigenvalue weighted by Crippen LogP contribution is -2.45. The molecule has 1 amide bonds. The molecule has 0 aromatic heterocycles. The fourth-order valence-corrected chi connectivity index (χ4v) is 7.32. The van der Waals surface area contributed by atoms with Crippen LogP contribution in [0.5, 0.6) is 0 Å². The number of aliphatic hydroxyl groups excluding tert-OH is 1. The Balaban J connectivity index is 1.30. The molecule has 3 aliphatic rings. The van der Waals surface area contributed by atoms with Crippen molar-refractivity contribution in [1.82, 2.24) is 9.80 Å². The van der Waals surface area contributed by atoms with Gasteiger partial charge in [-0.2, -0.15) is 26.3 Å². The van der Waals surface area contributed by atoms with E-state index in [4.69, 9.17) is 4.74 Å². The molecule has 0 bridgehead atoms. The van der Waals surface area contributed by atoms with E-state index >= 15 is 0 Å². The Kier molecular flexibility index (Phi) is 11.1. The Labute approximate surface area is 273 Å². The van der Waals surface area contributed by atoms with Crippen LogP contribution in [0.15, 0.2) is 58.5 Å². The van der Waals surface area contributed by atoms with E-state index in [1.54, 1.807) is 23.1 Å². The molecule has 1 saturated carbocycles. The fourth-order valence-electron chi connectivity index (χ4n) is 6.28. The summed E-state index contributed by atoms with van der Waals surface area (Å²) >= 11 is 0.542. The van der Waals surface area contributed by atoms with Crippen LogP contribution in [0.25, 0.3) is 0 Å². The van der Waals surface area contributed by atoms with E-state index in [2.05, 4.69) is 5.32 Å². The number of halogens is 6. The molecule has 2 N–H and O–H groups in total. The van der Waals surface area contributed by atoms with E-state index in [-0.39, 0.29) is 28.9 Å². The first kappa shape index (κ1) is 35.1. The molecule has 2 saturated heterocycles. The Bertz CT molecular complexity index is 1440. The number of aliphatic hydroxyl groups is 1. The van der Waals surface area contributed by atoms with Crippen molar-refractivity contribution in [1.29, 1.82) is 0 Å². The number of nitrogens with zero attached hydrogens (tertiary/aromatic N) is 2. The average molecular weight is 686 g/mol. The van der Waals surface area contributed by atoms with Gasteiger partial charge >= 0.3 is 12.4 Å². The summed E-state index contributed by atoms with van der Waals surface area (Å²) in [6.45, 7) is 2.62. The van der Waals surface area contributed by atoms with Crippen LogP contribution < -0.4 is 5.32 Å². The highest BCUT2D eigenvalue weighted by Crippen LogP contribution is 2.48. The molecular formula is C33H37F6N3O4S. The third-order valence-corrected chi connectivity index (χ3v) is 9.82. The van der Waals surface area contributed by atoms with Gasteiger partial charge < -0.3 is 25.0 Å². The summed E-state index contributed by atoms with van der Waals surface area (Å²) in [6, 6.07) is 8.13. The lowest BCUT2D eigenvalue weighted by Gasteiger charge is -2.36. The first-order valence-corrected chi connectivity index (χ1v) is 16.5. The molecule has 14 heteroatoms. The molecule has 0 atom stereocenters. The van der Waals surface area contributed by atoms with E-state index in [0.29, 0.717) is 95.4 Å². The normalized spacial score (nSPS) is 21.7. The standard InChI is InChI=1S/C33H37F6N3O4S/c34-32(35,36)29-26(27(44)12-13-41-16-18-46-19-17-41)8-9-28(30(29)33(37,38)39)47-25-3-1-2-23(20-25)40-22-10-14-42(15-11-22)31(45)21-4-6-24(43)7-5-21/h1-3,8-9,12-13,20-22,24,40,43H,4-7,10-11,14-19H2. The predicted molar refractivity (Wildman–Crippen MR) is 164 cm³/mol. The van der Waals surface area contributed by atoms with E-state index in [9.17, 15) is 41.0 Å². The number of hydrogen-bond donors (Lipinski definition) is 2. The summed E-state index contributed by atoms with van der Waals surface area (Å²) in [6.07, 6.45) is -5.13. The van der Waals surface area contributed by atoms with Gasteiger partial charge in [0, 0.05) is 71.5 Å². The Morgan fingerprint density at radius 3 is 2.17 bits per heavy atom. The largest absolute Gasteiger partial charge is 0.418 e. The average Bonchev–Trinajstić information content (AvgIpc) is 3.03. The highest BCUT2D eigenvalue weighted by molar-refractivity contribution is 7.99. The third kappa shape index (κ3) is 9.02. The SMILES string of the molecule is O=C(C=CN1CCOCC1)c1ccc(Sc2cccc(NC3CCN(C(=O)C4CCC(O)CC4)CC3)c2)c(C(F)(F)F)c1C(F)(F)F. The van der Waals surface area contributed by atoms with E-state index in [0.717, 1.165) is 18.2 Å². The number of allylic oxidation sites excluding steroid dienone is 1. The number of anilines is 1. The molecule has 0 spiro atoms. The van der Waals surface area contributed by atoms with Gasteiger partial charge in [0.2, 0.25) is 5.91 Å². The maximum absolute atomic E-state index is 14.4. The number of benzene rings is 2. The first-order chi connectivity index (χ1) is 22.3. The molecule has 2 aliphatic heterocycles. The summed E-state index contributed by atoms with van der Waals surface area (Å²) in [5, 5.41) is 13.1. The van der Waals surface area contributed by atoms with Crippen LogP contribution in [0.3, 0.4) is 0 Å². The number of morpholine rings is 1. The zero-order valence-corrected chi connectivity index (χ0v) is 26.4. The lowest BCUT2D eigenvalue weighted by molar-refractivity contribution is -0.163. The van der Waals surface area contributed by atoms with Crippen molar-refractivity contribution < 1.29 is 45.8 Å². The summed E-state index contributed by atoms with van der Waals surface area (Å²) in [7, 11) is 0. The van der Waals surface area contributed by atoms with Crippen molar-refractivity contribution in [2.24, 2.45) is 5.92 Å². The molecule has 0 unspecified atom stereocenters. The van der Waals surface area contributed by atoms with Crippen LogP contribution in [-0.2, 0) is 21.9 Å². The number of amides is 1. The van der Waals surface area contributed by atoms with Crippen LogP contribution in [0, 0.1) is 5.92 Å². The molecule has 3 fully saturated rings. The van der Waals surface area contributed by atoms with Gasteiger partial charge in [-0.3, -0.25) is 9.59 Å². The van der Waals surface area contributed by atoms with Crippen LogP contribution in [-0.4, -0.2) is 78.1 Å². The number of likely N-dealkylation sites (tertiary alicyclic amines) is 1. The van der Waals surface area contributed by atoms with Gasteiger partial charge in [0.05, 0.1) is 30.4 Å². The highest BCUT2D eigenvalue weighted by Gasteiger charge is 2.47. The number of piperidine rings is 1. The number of ether oxygens (including phenoxy) is 1. The summed E-state index contributed by atoms with van der Waals surface area (Å²) in [4.78, 5) is 28.9. The maximum Gasteiger partial charge on any atom is 0.418 e. The zero-order chi connectivity index (χ0) is 33.8. The summed E-state index contributed by atoms with van der Waals surface area (Å²) in [5.74, 6) is -1.15. The number of ketones is 1. The second-order valence-corrected chi connectivity index (χ2v) is 13.2. The predicted octanol–water partition coefficient (Wildman–Crippen LogP) is 6.86. The van der Waals surface area contributed by atoms with Crippen molar-refractivity contribution in [3.05, 3.63) is 65.4 Å². The van der Waals surface area contributed by atoms with Gasteiger partial charge in [-0.1, -0.05) is 17.8 Å². The minimum Gasteiger partial charge on any atom is -0.393 e. The number of nitrogens with one attached hydrogen (secondary N) is 1. The number of carbonyl (C=O) groups excluding carboxylic acids is 2. The van der Waals surface area contributed by atoms with Gasteiger partial charge in [0.1, 0.15) is 0 Å². The molecule has 2 aromatic rings. The lowest BCUT2D eigenvalue weighted by atomic mass is 9.86. The molecule has 0 radical (unpaired) electrons. The van der Waals surface area contributed by atoms with Crippen molar-refractivity contribution in [3.8, 4) is 0 Å². The van der Waals surface area contributed by atoms with Gasteiger partial charge in [-0.25, -0.2) is 0 Å². The molecule has 2 aromatic carbocycles. The topological polar surface area (TPSA) is 82.1 Å². The third-order valence-electron chi connectivity index (χ3n) is 8.77. The van der Waals surface area contributed by atoms with Gasteiger partial charge in [0.15, 0.2) is 5.78 Å². The van der Waals surface area contributed by atoms with Crippen LogP contribution >= 0.6 is 11.8 Å². The summed E-state index contributed by atoms with van der Waals surface area (Å²) < 4.78 is 91.1. The highest BCUT2D eigenvalue weighted by atomic mass is 32.2. The molecule has 47 heavy (non-hydrogen) atoms. The van der Waals surface area contributed by atoms with Crippen molar-refractivity contribution in [2.45, 2.75) is 72.8 Å². The van der Waals surface area contributed by atoms with E-state index < -0.39 is 39.7 Å². The van der Waals surface area contributed by atoms with E-state index in [1.807, 2.05) is 4.90 Å². The Morgan fingerprint density at radius 1 is 0.872 bits per heavy atom. The molecule has 1 aliphatic carbocycles. The summed E-state index contributed by atoms with van der Waals surface area (Å²) in [5.41, 5.74) is -4.39. The first-order valence-electron chi connectivity index (χ1n) is 15.7. The monoisotopic (exact) mass is 685 g/mol. The Morgan fingerprint density at radius 2 is 1.53 bits per heavy atom. The van der Waals surface area contributed by atoms with E-state index in [1.165, 1.54) is 12.3 Å². The molecular weight excluding hydrogens is 648 g/mol. The minimum atomic E-state index is -5.45. The second kappa shape index (κ2) is 14.9. The molecule has 256 valence electrons. The van der Waals surface area contributed by atoms with Crippen LogP contribution in [0.4, 0.5) is 32.0 Å².